The summed E-state index contributed by atoms with van der Waals surface area (Å²) in [5.74, 6) is -4.58. The van der Waals surface area contributed by atoms with Crippen molar-refractivity contribution < 1.29 is 40.7 Å². The smallest absolute Gasteiger partial charge is 0.392 e. The third-order valence-electron chi connectivity index (χ3n) is 9.06. The van der Waals surface area contributed by atoms with E-state index < -0.39 is 69.9 Å². The fourth-order valence-corrected chi connectivity index (χ4v) is 8.18. The van der Waals surface area contributed by atoms with Crippen molar-refractivity contribution in [1.29, 1.82) is 0 Å². The first kappa shape index (κ1) is 21.2. The number of esters is 2. The standard InChI is InChI=1S/C26H16F6O3/c27-25(28,29)17-9-15-16(10-18(17)26(30,31)32)20-14-4-2-1-3-13(14)19(15)23-11-5-7-12(8-6-11)24(20,23)22(34)35-21(23)33/h1-5,7,9-12,19-20H,6,8H2/t11-,12+,19+,20-,23-,24-/m0/s1. The van der Waals surface area contributed by atoms with Crippen LogP contribution in [0.3, 0.4) is 0 Å². The SMILES string of the molecule is O=C1OC(=O)[C@]23[C@@H]4c5ccccc5[C@@H](c5cc(C(F)(F)F)c(C(F)(F)F)cc54)[C@@]12[C@@H]1C=C[C@H]3CC1. The molecule has 7 aliphatic rings. The van der Waals surface area contributed by atoms with Crippen LogP contribution in [0.5, 0.6) is 0 Å². The van der Waals surface area contributed by atoms with Gasteiger partial charge in [0.05, 0.1) is 11.1 Å². The summed E-state index contributed by atoms with van der Waals surface area (Å²) in [5, 5.41) is 0. The van der Waals surface area contributed by atoms with E-state index in [1.54, 1.807) is 24.3 Å². The normalized spacial score (nSPS) is 35.9. The third-order valence-corrected chi connectivity index (χ3v) is 9.06. The predicted molar refractivity (Wildman–Crippen MR) is 108 cm³/mol. The Labute approximate surface area is 194 Å². The van der Waals surface area contributed by atoms with E-state index in [0.717, 1.165) is 0 Å². The Morgan fingerprint density at radius 2 is 1.09 bits per heavy atom. The van der Waals surface area contributed by atoms with Gasteiger partial charge in [0.25, 0.3) is 0 Å². The molecule has 9 heteroatoms. The molecule has 1 heterocycles. The van der Waals surface area contributed by atoms with Gasteiger partial charge in [0.2, 0.25) is 0 Å². The number of carbonyl (C=O) groups is 2. The zero-order chi connectivity index (χ0) is 24.7. The molecule has 1 aliphatic heterocycles. The molecule has 1 saturated carbocycles. The molecule has 0 spiro atoms. The van der Waals surface area contributed by atoms with E-state index in [1.165, 1.54) is 0 Å². The summed E-state index contributed by atoms with van der Waals surface area (Å²) < 4.78 is 88.8. The van der Waals surface area contributed by atoms with E-state index >= 15 is 0 Å². The highest BCUT2D eigenvalue weighted by molar-refractivity contribution is 6.07. The molecule has 0 radical (unpaired) electrons. The summed E-state index contributed by atoms with van der Waals surface area (Å²) in [6.07, 6.45) is -5.77. The zero-order valence-electron chi connectivity index (χ0n) is 17.8. The first-order valence-corrected chi connectivity index (χ1v) is 11.3. The van der Waals surface area contributed by atoms with Crippen molar-refractivity contribution in [2.45, 2.75) is 37.0 Å². The lowest BCUT2D eigenvalue weighted by molar-refractivity contribution is -0.164. The molecule has 2 fully saturated rings. The maximum Gasteiger partial charge on any atom is 0.417 e. The van der Waals surface area contributed by atoms with Gasteiger partial charge < -0.3 is 4.74 Å². The second-order valence-electron chi connectivity index (χ2n) is 10.1. The van der Waals surface area contributed by atoms with Gasteiger partial charge in [-0.25, -0.2) is 0 Å². The molecule has 1 saturated heterocycles. The lowest BCUT2D eigenvalue weighted by Crippen LogP contribution is -2.67. The van der Waals surface area contributed by atoms with Gasteiger partial charge in [-0.05, 0) is 59.1 Å². The van der Waals surface area contributed by atoms with Crippen molar-refractivity contribution >= 4 is 11.9 Å². The first-order chi connectivity index (χ1) is 16.4. The summed E-state index contributed by atoms with van der Waals surface area (Å²) in [6, 6.07) is 7.89. The molecule has 0 N–H and O–H groups in total. The van der Waals surface area contributed by atoms with Crippen LogP contribution >= 0.6 is 0 Å². The molecule has 0 unspecified atom stereocenters. The Morgan fingerprint density at radius 3 is 1.43 bits per heavy atom. The van der Waals surface area contributed by atoms with Crippen molar-refractivity contribution in [3.63, 3.8) is 0 Å². The van der Waals surface area contributed by atoms with Crippen LogP contribution in [-0.4, -0.2) is 11.9 Å². The molecular weight excluding hydrogens is 474 g/mol. The van der Waals surface area contributed by atoms with Gasteiger partial charge in [0.1, 0.15) is 10.8 Å². The number of alkyl halides is 6. The highest BCUT2D eigenvalue weighted by Crippen LogP contribution is 2.81. The van der Waals surface area contributed by atoms with E-state index in [4.69, 9.17) is 4.74 Å². The van der Waals surface area contributed by atoms with Crippen LogP contribution in [-0.2, 0) is 26.7 Å². The molecule has 0 amide bonds. The summed E-state index contributed by atoms with van der Waals surface area (Å²) in [7, 11) is 0. The Bertz CT molecular complexity index is 1290. The van der Waals surface area contributed by atoms with Crippen LogP contribution in [0.25, 0.3) is 0 Å². The van der Waals surface area contributed by atoms with Crippen LogP contribution in [0.15, 0.2) is 48.6 Å². The van der Waals surface area contributed by atoms with E-state index in [2.05, 4.69) is 0 Å². The summed E-state index contributed by atoms with van der Waals surface area (Å²) in [6.45, 7) is 0. The van der Waals surface area contributed by atoms with Gasteiger partial charge in [0, 0.05) is 11.8 Å². The Balaban J connectivity index is 1.66. The van der Waals surface area contributed by atoms with Gasteiger partial charge in [-0.2, -0.15) is 26.3 Å². The maximum atomic E-state index is 13.9. The quantitative estimate of drug-likeness (QED) is 0.198. The van der Waals surface area contributed by atoms with Crippen LogP contribution in [0, 0.1) is 22.7 Å². The van der Waals surface area contributed by atoms with Crippen LogP contribution in [0.1, 0.15) is 58.1 Å². The van der Waals surface area contributed by atoms with Gasteiger partial charge in [-0.15, -0.1) is 0 Å². The van der Waals surface area contributed by atoms with Crippen molar-refractivity contribution in [3.05, 3.63) is 81.9 Å². The van der Waals surface area contributed by atoms with Crippen molar-refractivity contribution in [1.82, 2.24) is 0 Å². The number of allylic oxidation sites excluding steroid dienone is 2. The van der Waals surface area contributed by atoms with E-state index in [-0.39, 0.29) is 11.1 Å². The van der Waals surface area contributed by atoms with Crippen LogP contribution in [0.2, 0.25) is 0 Å². The Kier molecular flexibility index (Phi) is 3.63. The molecule has 180 valence electrons. The fraction of sp³-hybridized carbons (Fsp3) is 0.385. The highest BCUT2D eigenvalue weighted by Gasteiger charge is 2.84. The molecule has 4 bridgehead atoms. The van der Waals surface area contributed by atoms with Crippen molar-refractivity contribution in [3.8, 4) is 0 Å². The summed E-state index contributed by atoms with van der Waals surface area (Å²) >= 11 is 0. The number of benzene rings is 2. The topological polar surface area (TPSA) is 43.4 Å². The average Bonchev–Trinajstić information content (AvgIpc) is 3.07. The molecule has 35 heavy (non-hydrogen) atoms. The zero-order valence-corrected chi connectivity index (χ0v) is 17.8. The Hall–Kier alpha value is -3.10. The monoisotopic (exact) mass is 490 g/mol. The number of cyclic esters (lactones) is 2. The van der Waals surface area contributed by atoms with Crippen LogP contribution < -0.4 is 0 Å². The first-order valence-electron chi connectivity index (χ1n) is 11.3. The number of halogens is 6. The summed E-state index contributed by atoms with van der Waals surface area (Å²) in [5.41, 5.74) is -5.36. The third kappa shape index (κ3) is 2.10. The van der Waals surface area contributed by atoms with E-state index in [1.807, 2.05) is 12.2 Å². The minimum absolute atomic E-state index is 0.0252. The maximum absolute atomic E-state index is 13.9. The van der Waals surface area contributed by atoms with Gasteiger partial charge in [-0.3, -0.25) is 9.59 Å². The molecule has 9 rings (SSSR count). The number of ether oxygens (including phenoxy) is 1. The van der Waals surface area contributed by atoms with Crippen molar-refractivity contribution in [2.24, 2.45) is 22.7 Å². The van der Waals surface area contributed by atoms with Gasteiger partial charge in [-0.1, -0.05) is 36.4 Å². The number of rotatable bonds is 0. The number of fused-ring (bicyclic) bond motifs is 1. The number of hydrogen-bond acceptors (Lipinski definition) is 3. The molecule has 2 aromatic rings. The second kappa shape index (κ2) is 5.99. The minimum Gasteiger partial charge on any atom is -0.392 e. The Morgan fingerprint density at radius 1 is 0.686 bits per heavy atom. The summed E-state index contributed by atoms with van der Waals surface area (Å²) in [4.78, 5) is 27.2. The molecule has 0 aromatic heterocycles. The fourth-order valence-electron chi connectivity index (χ4n) is 8.18. The lowest BCUT2D eigenvalue weighted by Gasteiger charge is -2.66. The van der Waals surface area contributed by atoms with Gasteiger partial charge >= 0.3 is 24.3 Å². The largest absolute Gasteiger partial charge is 0.417 e. The number of carbonyl (C=O) groups excluding carboxylic acids is 2. The van der Waals surface area contributed by atoms with E-state index in [9.17, 15) is 35.9 Å². The van der Waals surface area contributed by atoms with Crippen molar-refractivity contribution in [2.75, 3.05) is 0 Å². The molecule has 6 aliphatic carbocycles. The number of hydrogen-bond donors (Lipinski definition) is 0. The molecule has 3 nitrogen and oxygen atoms in total. The molecule has 2 aromatic carbocycles. The highest BCUT2D eigenvalue weighted by atomic mass is 19.4. The van der Waals surface area contributed by atoms with Crippen LogP contribution in [0.4, 0.5) is 26.3 Å². The average molecular weight is 490 g/mol. The second-order valence-corrected chi connectivity index (χ2v) is 10.1. The molecular formula is C26H16F6O3. The molecule has 6 atom stereocenters. The van der Waals surface area contributed by atoms with Gasteiger partial charge in [0.15, 0.2) is 0 Å². The minimum atomic E-state index is -5.26. The predicted octanol–water partition coefficient (Wildman–Crippen LogP) is 5.97. The van der Waals surface area contributed by atoms with E-state index in [0.29, 0.717) is 36.1 Å². The lowest BCUT2D eigenvalue weighted by atomic mass is 9.31.